The Balaban J connectivity index is 1.34. The Morgan fingerprint density at radius 3 is 2.13 bits per heavy atom. The lowest BCUT2D eigenvalue weighted by Gasteiger charge is -2.34. The van der Waals surface area contributed by atoms with Gasteiger partial charge in [0, 0.05) is 41.1 Å². The van der Waals surface area contributed by atoms with Gasteiger partial charge in [0.2, 0.25) is 15.9 Å². The summed E-state index contributed by atoms with van der Waals surface area (Å²) in [5.74, 6) is -2.64. The van der Waals surface area contributed by atoms with Crippen LogP contribution < -0.4 is 10.6 Å². The molecule has 1 saturated carbocycles. The Hall–Kier alpha value is -2.93. The van der Waals surface area contributed by atoms with Crippen LogP contribution >= 0.6 is 46.4 Å². The number of carbonyl (C=O) groups excluding carboxylic acids is 2. The fourth-order valence-electron chi connectivity index (χ4n) is 6.49. The smallest absolute Gasteiger partial charge is 0.326 e. The minimum Gasteiger partial charge on any atom is -0.480 e. The Labute approximate surface area is 292 Å². The summed E-state index contributed by atoms with van der Waals surface area (Å²) in [6, 6.07) is 7.94. The van der Waals surface area contributed by atoms with Gasteiger partial charge in [-0.2, -0.15) is 4.31 Å². The molecule has 10 nitrogen and oxygen atoms in total. The number of pyridine rings is 1. The Kier molecular flexibility index (Phi) is 11.4. The van der Waals surface area contributed by atoms with Crippen molar-refractivity contribution in [2.24, 2.45) is 11.8 Å². The van der Waals surface area contributed by atoms with Crippen LogP contribution in [0.1, 0.15) is 54.4 Å². The number of nitrogens with zero attached hydrogens (tertiary/aromatic N) is 2. The lowest BCUT2D eigenvalue weighted by molar-refractivity contribution is -0.142. The molecule has 1 aliphatic heterocycles. The van der Waals surface area contributed by atoms with Gasteiger partial charge < -0.3 is 15.7 Å². The van der Waals surface area contributed by atoms with E-state index in [1.54, 1.807) is 24.3 Å². The largest absolute Gasteiger partial charge is 0.480 e. The van der Waals surface area contributed by atoms with Crippen LogP contribution in [0, 0.1) is 11.8 Å². The van der Waals surface area contributed by atoms with Gasteiger partial charge >= 0.3 is 5.97 Å². The highest BCUT2D eigenvalue weighted by Gasteiger charge is 2.49. The molecule has 2 heterocycles. The summed E-state index contributed by atoms with van der Waals surface area (Å²) in [6.07, 6.45) is 7.79. The van der Waals surface area contributed by atoms with Crippen LogP contribution in [0.5, 0.6) is 0 Å². The monoisotopic (exact) mass is 740 g/mol. The molecule has 1 saturated heterocycles. The third kappa shape index (κ3) is 8.21. The molecule has 2 aromatic carbocycles. The summed E-state index contributed by atoms with van der Waals surface area (Å²) in [5.41, 5.74) is 1.03. The summed E-state index contributed by atoms with van der Waals surface area (Å²) in [5, 5.41) is 15.9. The van der Waals surface area contributed by atoms with Gasteiger partial charge in [0.15, 0.2) is 0 Å². The first kappa shape index (κ1) is 35.4. The van der Waals surface area contributed by atoms with Gasteiger partial charge in [0.1, 0.15) is 12.1 Å². The molecular formula is C32H32Cl4N4O6S. The molecule has 0 spiro atoms. The molecule has 2 fully saturated rings. The zero-order chi connectivity index (χ0) is 33.9. The number of sulfonamides is 1. The number of aliphatic carboxylic acids is 1. The number of anilines is 1. The Morgan fingerprint density at radius 1 is 0.915 bits per heavy atom. The van der Waals surface area contributed by atoms with Crippen LogP contribution in [0.3, 0.4) is 0 Å². The molecule has 3 atom stereocenters. The molecule has 2 amide bonds. The van der Waals surface area contributed by atoms with Gasteiger partial charge in [-0.3, -0.25) is 14.6 Å². The van der Waals surface area contributed by atoms with Crippen molar-refractivity contribution < 1.29 is 27.9 Å². The van der Waals surface area contributed by atoms with Crippen molar-refractivity contribution in [3.63, 3.8) is 0 Å². The summed E-state index contributed by atoms with van der Waals surface area (Å²) >= 11 is 24.4. The fourth-order valence-corrected chi connectivity index (χ4v) is 9.40. The van der Waals surface area contributed by atoms with Crippen LogP contribution in [-0.4, -0.2) is 59.2 Å². The van der Waals surface area contributed by atoms with E-state index < -0.39 is 39.9 Å². The normalized spacial score (nSPS) is 19.7. The average Bonchev–Trinajstić information content (AvgIpc) is 3.48. The van der Waals surface area contributed by atoms with Gasteiger partial charge in [0.25, 0.3) is 5.91 Å². The van der Waals surface area contributed by atoms with E-state index in [-0.39, 0.29) is 55.4 Å². The number of hydrogen-bond acceptors (Lipinski definition) is 6. The van der Waals surface area contributed by atoms with Gasteiger partial charge in [0.05, 0.1) is 20.5 Å². The Morgan fingerprint density at radius 2 is 1.53 bits per heavy atom. The second kappa shape index (κ2) is 15.1. The molecule has 5 rings (SSSR count). The highest BCUT2D eigenvalue weighted by molar-refractivity contribution is 7.89. The topological polar surface area (TPSA) is 146 Å². The average molecular weight is 743 g/mol. The SMILES string of the molecule is O=C(Nc1ccc(C[C@H](NC(=O)[C@H]2[C@H](C3CCCCC3)CCN2S(=O)(=O)c2cc(Cl)cc(Cl)c2)C(=O)O)cc1)c1c(Cl)cncc1Cl. The van der Waals surface area contributed by atoms with Crippen molar-refractivity contribution in [1.82, 2.24) is 14.6 Å². The first-order valence-corrected chi connectivity index (χ1v) is 18.0. The first-order valence-electron chi connectivity index (χ1n) is 15.1. The summed E-state index contributed by atoms with van der Waals surface area (Å²) in [4.78, 5) is 42.8. The standard InChI is InChI=1S/C32H32Cl4N4O6S/c33-20-13-21(34)15-23(14-20)47(45,46)40-11-10-24(19-4-2-1-3-5-19)29(40)31(42)39-27(32(43)44)12-18-6-8-22(9-7-18)38-30(41)28-25(35)16-37-17-26(28)36/h6-9,13-17,19,24,27,29H,1-5,10-12H2,(H,38,41)(H,39,42)(H,43,44)/t24-,27-,29+/m0/s1. The fraction of sp³-hybridized carbons (Fsp3) is 0.375. The van der Waals surface area contributed by atoms with Gasteiger partial charge in [-0.15, -0.1) is 0 Å². The van der Waals surface area contributed by atoms with Crippen molar-refractivity contribution in [1.29, 1.82) is 0 Å². The second-order valence-corrected chi connectivity index (χ2v) is 15.3. The molecule has 250 valence electrons. The van der Waals surface area contributed by atoms with E-state index in [2.05, 4.69) is 15.6 Å². The molecule has 0 radical (unpaired) electrons. The van der Waals surface area contributed by atoms with E-state index in [1.807, 2.05) is 0 Å². The number of nitrogens with one attached hydrogen (secondary N) is 2. The number of benzene rings is 2. The number of carboxylic acid groups (broad SMARTS) is 1. The van der Waals surface area contributed by atoms with Gasteiger partial charge in [-0.05, 0) is 54.2 Å². The van der Waals surface area contributed by atoms with E-state index in [4.69, 9.17) is 46.4 Å². The summed E-state index contributed by atoms with van der Waals surface area (Å²) in [7, 11) is -4.20. The lowest BCUT2D eigenvalue weighted by Crippen LogP contribution is -2.54. The van der Waals surface area contributed by atoms with E-state index in [9.17, 15) is 27.9 Å². The van der Waals surface area contributed by atoms with Crippen LogP contribution in [0.2, 0.25) is 20.1 Å². The third-order valence-corrected chi connectivity index (χ3v) is 11.6. The molecule has 47 heavy (non-hydrogen) atoms. The number of amides is 2. The first-order chi connectivity index (χ1) is 22.3. The molecular weight excluding hydrogens is 710 g/mol. The van der Waals surface area contributed by atoms with E-state index in [0.717, 1.165) is 32.1 Å². The molecule has 3 N–H and O–H groups in total. The zero-order valence-corrected chi connectivity index (χ0v) is 28.8. The molecule has 0 bridgehead atoms. The number of carboxylic acids is 1. The van der Waals surface area contributed by atoms with Crippen molar-refractivity contribution in [2.75, 3.05) is 11.9 Å². The van der Waals surface area contributed by atoms with E-state index >= 15 is 0 Å². The highest BCUT2D eigenvalue weighted by Crippen LogP contribution is 2.41. The van der Waals surface area contributed by atoms with Crippen molar-refractivity contribution in [3.8, 4) is 0 Å². The van der Waals surface area contributed by atoms with E-state index in [0.29, 0.717) is 17.7 Å². The highest BCUT2D eigenvalue weighted by atomic mass is 35.5. The third-order valence-electron chi connectivity index (χ3n) is 8.71. The maximum atomic E-state index is 14.0. The number of halogens is 4. The van der Waals surface area contributed by atoms with Crippen molar-refractivity contribution >= 4 is 79.9 Å². The summed E-state index contributed by atoms with van der Waals surface area (Å²) in [6.45, 7) is 0.104. The predicted molar refractivity (Wildman–Crippen MR) is 181 cm³/mol. The lowest BCUT2D eigenvalue weighted by atomic mass is 9.76. The number of hydrogen-bond donors (Lipinski definition) is 3. The maximum Gasteiger partial charge on any atom is 0.326 e. The maximum absolute atomic E-state index is 14.0. The number of rotatable bonds is 10. The van der Waals surface area contributed by atoms with Gasteiger partial charge in [-0.1, -0.05) is 90.6 Å². The predicted octanol–water partition coefficient (Wildman–Crippen LogP) is 6.72. The number of aromatic nitrogens is 1. The molecule has 3 aromatic rings. The molecule has 1 aliphatic carbocycles. The van der Waals surface area contributed by atoms with Gasteiger partial charge in [-0.25, -0.2) is 13.2 Å². The number of carbonyl (C=O) groups is 3. The minimum atomic E-state index is -4.20. The minimum absolute atomic E-state index is 0.0639. The quantitative estimate of drug-likeness (QED) is 0.209. The van der Waals surface area contributed by atoms with Crippen LogP contribution in [-0.2, 0) is 26.0 Å². The van der Waals surface area contributed by atoms with Crippen molar-refractivity contribution in [3.05, 3.63) is 86.1 Å². The molecule has 2 aliphatic rings. The van der Waals surface area contributed by atoms with Crippen molar-refractivity contribution in [2.45, 2.75) is 61.9 Å². The van der Waals surface area contributed by atoms with Crippen LogP contribution in [0.4, 0.5) is 5.69 Å². The van der Waals surface area contributed by atoms with E-state index in [1.165, 1.54) is 34.9 Å². The molecule has 1 aromatic heterocycles. The summed E-state index contributed by atoms with van der Waals surface area (Å²) < 4.78 is 29.0. The van der Waals surface area contributed by atoms with Crippen LogP contribution in [0.25, 0.3) is 0 Å². The molecule has 15 heteroatoms. The molecule has 0 unspecified atom stereocenters. The zero-order valence-electron chi connectivity index (χ0n) is 25.0. The Bertz CT molecular complexity index is 1730. The second-order valence-electron chi connectivity index (χ2n) is 11.7. The van der Waals surface area contributed by atoms with Crippen LogP contribution in [0.15, 0.2) is 59.8 Å².